The van der Waals surface area contributed by atoms with Gasteiger partial charge in [0.05, 0.1) is 10.9 Å². The van der Waals surface area contributed by atoms with Crippen molar-refractivity contribution >= 4 is 51.0 Å². The second-order valence-corrected chi connectivity index (χ2v) is 15.5. The number of fused-ring (bicyclic) bond motifs is 1. The first kappa shape index (κ1) is 38.8. The lowest BCUT2D eigenvalue weighted by Gasteiger charge is -2.37. The van der Waals surface area contributed by atoms with E-state index in [9.17, 15) is 45.6 Å². The number of sulfonamides is 1. The molecule has 0 bridgehead atoms. The van der Waals surface area contributed by atoms with Crippen LogP contribution in [0.15, 0.2) is 53.4 Å². The summed E-state index contributed by atoms with van der Waals surface area (Å²) in [5, 5.41) is 5.28. The van der Waals surface area contributed by atoms with E-state index in [-0.39, 0.29) is 34.4 Å². The van der Waals surface area contributed by atoms with Crippen LogP contribution in [-0.4, -0.2) is 73.1 Å². The second-order valence-electron chi connectivity index (χ2n) is 13.4. The second kappa shape index (κ2) is 15.5. The number of carbonyl (C=O) groups is 5. The number of ketones is 1. The van der Waals surface area contributed by atoms with Crippen LogP contribution in [-0.2, 0) is 24.4 Å². The summed E-state index contributed by atoms with van der Waals surface area (Å²) in [6, 6.07) is 5.78. The van der Waals surface area contributed by atoms with Gasteiger partial charge in [0.15, 0.2) is 0 Å². The number of alkyl halides is 3. The predicted octanol–water partition coefficient (Wildman–Crippen LogP) is 4.65. The van der Waals surface area contributed by atoms with Crippen LogP contribution in [0.1, 0.15) is 80.5 Å². The van der Waals surface area contributed by atoms with Gasteiger partial charge in [-0.15, -0.1) is 0 Å². The van der Waals surface area contributed by atoms with Crippen LogP contribution in [0.25, 0.3) is 0 Å². The highest BCUT2D eigenvalue weighted by atomic mass is 35.5. The number of amides is 4. The van der Waals surface area contributed by atoms with E-state index in [2.05, 4.69) is 10.6 Å². The highest BCUT2D eigenvalue weighted by Gasteiger charge is 2.51. The fourth-order valence-electron chi connectivity index (χ4n) is 6.50. The standard InChI is InChI=1S/C34H40ClF3N4O7S/c1-18(2)27(29(43)34(36,37)38)39-32(46)26-17-22-7-5-6-8-25(22)42(26)33(47)28(19(3)4)40-30(44)20-9-11-21(12-10-20)31(45)41-50(48,49)24-15-13-23(35)14-16-24/h9-16,18-19,22,25-28H,5-8,17H2,1-4H3,(H,39,46)(H,40,44)(H,41,45)/t22?,25?,26-,27?,28?/m1/s1. The summed E-state index contributed by atoms with van der Waals surface area (Å²) in [5.41, 5.74) is -0.00852. The predicted molar refractivity (Wildman–Crippen MR) is 177 cm³/mol. The van der Waals surface area contributed by atoms with Crippen LogP contribution < -0.4 is 15.4 Å². The minimum Gasteiger partial charge on any atom is -0.344 e. The molecule has 1 heterocycles. The van der Waals surface area contributed by atoms with Crippen LogP contribution in [0.5, 0.6) is 0 Å². The van der Waals surface area contributed by atoms with E-state index in [0.29, 0.717) is 17.9 Å². The molecule has 2 aliphatic rings. The molecule has 1 aliphatic carbocycles. The molecule has 11 nitrogen and oxygen atoms in total. The average Bonchev–Trinajstić information content (AvgIpc) is 3.44. The van der Waals surface area contributed by atoms with Crippen molar-refractivity contribution in [2.24, 2.45) is 17.8 Å². The molecule has 2 fully saturated rings. The van der Waals surface area contributed by atoms with Gasteiger partial charge in [0.25, 0.3) is 27.6 Å². The first-order valence-electron chi connectivity index (χ1n) is 16.3. The zero-order valence-electron chi connectivity index (χ0n) is 27.9. The number of nitrogens with zero attached hydrogens (tertiary/aromatic N) is 1. The first-order valence-corrected chi connectivity index (χ1v) is 18.1. The fourth-order valence-corrected chi connectivity index (χ4v) is 7.60. The number of benzene rings is 2. The van der Waals surface area contributed by atoms with Gasteiger partial charge < -0.3 is 15.5 Å². The summed E-state index contributed by atoms with van der Waals surface area (Å²) in [6.45, 7) is 6.16. The maximum Gasteiger partial charge on any atom is 0.452 e. The lowest BCUT2D eigenvalue weighted by atomic mass is 9.84. The third-order valence-corrected chi connectivity index (χ3v) is 10.7. The summed E-state index contributed by atoms with van der Waals surface area (Å²) in [4.78, 5) is 67.2. The van der Waals surface area contributed by atoms with Gasteiger partial charge in [0.1, 0.15) is 12.1 Å². The SMILES string of the molecule is CC(C)C(NC(=O)c1ccc(C(=O)NS(=O)(=O)c2ccc(Cl)cc2)cc1)C(=O)N1C2CCCCC2C[C@@H]1C(=O)NC(C(=O)C(F)(F)F)C(C)C. The lowest BCUT2D eigenvalue weighted by molar-refractivity contribution is -0.175. The average molecular weight is 741 g/mol. The number of hydrogen-bond acceptors (Lipinski definition) is 7. The van der Waals surface area contributed by atoms with Crippen molar-refractivity contribution in [3.05, 3.63) is 64.7 Å². The van der Waals surface area contributed by atoms with Crippen molar-refractivity contribution in [3.8, 4) is 0 Å². The molecule has 3 N–H and O–H groups in total. The Kier molecular flexibility index (Phi) is 12.0. The van der Waals surface area contributed by atoms with Crippen molar-refractivity contribution in [2.75, 3.05) is 0 Å². The summed E-state index contributed by atoms with van der Waals surface area (Å²) >= 11 is 5.80. The Morgan fingerprint density at radius 3 is 1.88 bits per heavy atom. The summed E-state index contributed by atoms with van der Waals surface area (Å²) in [7, 11) is -4.21. The highest BCUT2D eigenvalue weighted by Crippen LogP contribution is 2.40. The Bertz CT molecular complexity index is 1720. The number of halogens is 4. The zero-order valence-corrected chi connectivity index (χ0v) is 29.5. The van der Waals surface area contributed by atoms with Gasteiger partial charge in [-0.3, -0.25) is 24.0 Å². The minimum absolute atomic E-state index is 0.0530. The van der Waals surface area contributed by atoms with Crippen molar-refractivity contribution in [1.82, 2.24) is 20.3 Å². The molecular weight excluding hydrogens is 701 g/mol. The number of nitrogens with one attached hydrogen (secondary N) is 3. The maximum absolute atomic E-state index is 14.2. The van der Waals surface area contributed by atoms with E-state index in [1.54, 1.807) is 13.8 Å². The van der Waals surface area contributed by atoms with E-state index >= 15 is 0 Å². The van der Waals surface area contributed by atoms with Crippen molar-refractivity contribution < 1.29 is 45.6 Å². The molecule has 272 valence electrons. The summed E-state index contributed by atoms with van der Waals surface area (Å²) in [5.74, 6) is -6.56. The fraction of sp³-hybridized carbons (Fsp3) is 0.500. The highest BCUT2D eigenvalue weighted by molar-refractivity contribution is 7.90. The van der Waals surface area contributed by atoms with Crippen LogP contribution in [0.3, 0.4) is 0 Å². The summed E-state index contributed by atoms with van der Waals surface area (Å²) in [6.07, 6.45) is -2.02. The van der Waals surface area contributed by atoms with E-state index in [1.807, 2.05) is 4.72 Å². The topological polar surface area (TPSA) is 159 Å². The minimum atomic E-state index is -5.16. The van der Waals surface area contributed by atoms with Crippen molar-refractivity contribution in [3.63, 3.8) is 0 Å². The largest absolute Gasteiger partial charge is 0.452 e. The molecule has 4 unspecified atom stereocenters. The number of likely N-dealkylation sites (tertiary alicyclic amines) is 1. The van der Waals surface area contributed by atoms with E-state index < -0.39 is 75.6 Å². The van der Waals surface area contributed by atoms with Gasteiger partial charge in [0.2, 0.25) is 11.8 Å². The van der Waals surface area contributed by atoms with Gasteiger partial charge in [-0.05, 0) is 85.5 Å². The first-order chi connectivity index (χ1) is 23.3. The van der Waals surface area contributed by atoms with Crippen molar-refractivity contribution in [2.45, 2.75) is 95.0 Å². The molecule has 4 rings (SSSR count). The molecule has 1 saturated heterocycles. The van der Waals surface area contributed by atoms with E-state index in [4.69, 9.17) is 11.6 Å². The molecule has 16 heteroatoms. The molecule has 50 heavy (non-hydrogen) atoms. The third-order valence-electron chi connectivity index (χ3n) is 9.15. The Morgan fingerprint density at radius 2 is 1.34 bits per heavy atom. The van der Waals surface area contributed by atoms with E-state index in [1.165, 1.54) is 67.3 Å². The number of hydrogen-bond donors (Lipinski definition) is 3. The van der Waals surface area contributed by atoms with Gasteiger partial charge in [-0.2, -0.15) is 13.2 Å². The maximum atomic E-state index is 14.2. The molecule has 0 radical (unpaired) electrons. The molecule has 2 aromatic rings. The smallest absolute Gasteiger partial charge is 0.344 e. The molecule has 2 aromatic carbocycles. The van der Waals surface area contributed by atoms with Crippen LogP contribution in [0.2, 0.25) is 5.02 Å². The molecule has 5 atom stereocenters. The molecule has 1 saturated carbocycles. The molecular formula is C34H40ClF3N4O7S. The normalized spacial score (nSPS) is 20.5. The Balaban J connectivity index is 1.51. The Hall–Kier alpha value is -3.98. The van der Waals surface area contributed by atoms with Crippen molar-refractivity contribution in [1.29, 1.82) is 0 Å². The van der Waals surface area contributed by atoms with Gasteiger partial charge in [-0.25, -0.2) is 13.1 Å². The third kappa shape index (κ3) is 8.84. The summed E-state index contributed by atoms with van der Waals surface area (Å²) < 4.78 is 67.2. The quantitative estimate of drug-likeness (QED) is 0.303. The number of carbonyl (C=O) groups excluding carboxylic acids is 5. The lowest BCUT2D eigenvalue weighted by Crippen LogP contribution is -2.59. The monoisotopic (exact) mass is 740 g/mol. The Labute approximate surface area is 293 Å². The molecule has 4 amide bonds. The Morgan fingerprint density at radius 1 is 0.800 bits per heavy atom. The molecule has 0 aromatic heterocycles. The van der Waals surface area contributed by atoms with Gasteiger partial charge in [-0.1, -0.05) is 52.1 Å². The van der Waals surface area contributed by atoms with Gasteiger partial charge >= 0.3 is 6.18 Å². The zero-order chi connectivity index (χ0) is 37.1. The molecule has 0 spiro atoms. The number of rotatable bonds is 11. The van der Waals surface area contributed by atoms with Crippen LogP contribution in [0, 0.1) is 17.8 Å². The molecule has 1 aliphatic heterocycles. The number of Topliss-reactive ketones (excluding diaryl/α,β-unsaturated/α-hetero) is 1. The van der Waals surface area contributed by atoms with Crippen LogP contribution in [0.4, 0.5) is 13.2 Å². The van der Waals surface area contributed by atoms with Crippen LogP contribution >= 0.6 is 11.6 Å². The van der Waals surface area contributed by atoms with E-state index in [0.717, 1.165) is 12.8 Å². The van der Waals surface area contributed by atoms with Gasteiger partial charge in [0, 0.05) is 22.2 Å².